The SMILES string of the molecule is COc1ccc(C(=O)CN(C(=O)c2ccc(Cl)cc2Cl)N2C(=O)[C@@H]3C[C@H](Br)[C@@H](Br)C[C@H]3C2=O)cc1. The molecular formula is C24H20Br2Cl2N2O5. The van der Waals surface area contributed by atoms with E-state index in [0.717, 1.165) is 10.0 Å². The minimum Gasteiger partial charge on any atom is -0.497 e. The molecule has 2 fully saturated rings. The highest BCUT2D eigenvalue weighted by molar-refractivity contribution is 9.12. The maximum absolute atomic E-state index is 13.6. The lowest BCUT2D eigenvalue weighted by atomic mass is 9.81. The lowest BCUT2D eigenvalue weighted by Crippen LogP contribution is -2.52. The second-order valence-corrected chi connectivity index (χ2v) is 11.5. The van der Waals surface area contributed by atoms with E-state index in [0.29, 0.717) is 29.2 Å². The summed E-state index contributed by atoms with van der Waals surface area (Å²) in [4.78, 5) is 53.6. The van der Waals surface area contributed by atoms with E-state index < -0.39 is 41.9 Å². The Balaban J connectivity index is 1.71. The molecule has 4 atom stereocenters. The second kappa shape index (κ2) is 10.6. The average Bonchev–Trinajstić information content (AvgIpc) is 3.06. The molecule has 184 valence electrons. The monoisotopic (exact) mass is 644 g/mol. The van der Waals surface area contributed by atoms with E-state index in [1.807, 2.05) is 0 Å². The number of imide groups is 1. The van der Waals surface area contributed by atoms with Gasteiger partial charge in [-0.15, -0.1) is 0 Å². The molecule has 1 aliphatic carbocycles. The highest BCUT2D eigenvalue weighted by atomic mass is 79.9. The summed E-state index contributed by atoms with van der Waals surface area (Å²) in [5, 5.41) is 2.09. The topological polar surface area (TPSA) is 84.0 Å². The van der Waals surface area contributed by atoms with Crippen LogP contribution in [-0.4, -0.2) is 56.8 Å². The summed E-state index contributed by atoms with van der Waals surface area (Å²) in [6.45, 7) is -0.531. The van der Waals surface area contributed by atoms with Crippen LogP contribution in [0.15, 0.2) is 42.5 Å². The first-order valence-electron chi connectivity index (χ1n) is 10.7. The van der Waals surface area contributed by atoms with Crippen molar-refractivity contribution in [3.05, 3.63) is 63.6 Å². The molecule has 1 aliphatic heterocycles. The van der Waals surface area contributed by atoms with Crippen molar-refractivity contribution in [1.29, 1.82) is 0 Å². The Bertz CT molecular complexity index is 1160. The fourth-order valence-electron chi connectivity index (χ4n) is 4.36. The Morgan fingerprint density at radius 1 is 1.00 bits per heavy atom. The number of amides is 3. The molecule has 0 spiro atoms. The molecule has 2 aromatic rings. The largest absolute Gasteiger partial charge is 0.497 e. The Morgan fingerprint density at radius 2 is 1.57 bits per heavy atom. The number of hydrogen-bond donors (Lipinski definition) is 0. The van der Waals surface area contributed by atoms with Crippen LogP contribution in [0.25, 0.3) is 0 Å². The van der Waals surface area contributed by atoms with Crippen molar-refractivity contribution in [2.45, 2.75) is 22.5 Å². The Morgan fingerprint density at radius 3 is 2.09 bits per heavy atom. The number of carbonyl (C=O) groups is 4. The highest BCUT2D eigenvalue weighted by Crippen LogP contribution is 2.44. The molecule has 0 aromatic heterocycles. The number of Topliss-reactive ketones (excluding diaryl/α,β-unsaturated/α-hetero) is 1. The van der Waals surface area contributed by atoms with Gasteiger partial charge in [-0.25, -0.2) is 5.01 Å². The van der Waals surface area contributed by atoms with Gasteiger partial charge in [-0.2, -0.15) is 5.01 Å². The van der Waals surface area contributed by atoms with Gasteiger partial charge in [-0.3, -0.25) is 19.2 Å². The molecule has 11 heteroatoms. The molecule has 35 heavy (non-hydrogen) atoms. The summed E-state index contributed by atoms with van der Waals surface area (Å²) < 4.78 is 5.12. The molecule has 7 nitrogen and oxygen atoms in total. The summed E-state index contributed by atoms with van der Waals surface area (Å²) in [6, 6.07) is 10.6. The van der Waals surface area contributed by atoms with Crippen molar-refractivity contribution in [2.24, 2.45) is 11.8 Å². The number of nitrogens with zero attached hydrogens (tertiary/aromatic N) is 2. The minimum absolute atomic E-state index is 0.00348. The van der Waals surface area contributed by atoms with Crippen molar-refractivity contribution in [2.75, 3.05) is 13.7 Å². The van der Waals surface area contributed by atoms with Crippen LogP contribution in [-0.2, 0) is 9.59 Å². The minimum atomic E-state index is -0.750. The molecule has 0 unspecified atom stereocenters. The van der Waals surface area contributed by atoms with E-state index in [4.69, 9.17) is 27.9 Å². The molecule has 2 aromatic carbocycles. The lowest BCUT2D eigenvalue weighted by molar-refractivity contribution is -0.154. The molecule has 1 saturated carbocycles. The standard InChI is InChI=1S/C24H20Br2Cl2N2O5/c1-35-14-5-2-12(3-6-14)21(31)11-29(22(32)15-7-4-13(27)8-20(15)28)30-23(33)16-9-18(25)19(26)10-17(16)24(30)34/h2-8,16-19H,9-11H2,1H3/t16-,17-,18+,19+/m1/s1. The summed E-state index contributed by atoms with van der Waals surface area (Å²) in [7, 11) is 1.51. The van der Waals surface area contributed by atoms with E-state index in [-0.39, 0.29) is 20.2 Å². The third-order valence-corrected chi connectivity index (χ3v) is 9.51. The van der Waals surface area contributed by atoms with Gasteiger partial charge in [0.25, 0.3) is 17.7 Å². The Labute approximate surface area is 228 Å². The summed E-state index contributed by atoms with van der Waals surface area (Å²) >= 11 is 19.3. The maximum Gasteiger partial charge on any atom is 0.274 e. The molecule has 2 aliphatic rings. The third kappa shape index (κ3) is 5.14. The van der Waals surface area contributed by atoms with Crippen LogP contribution >= 0.6 is 55.1 Å². The van der Waals surface area contributed by atoms with Crippen molar-refractivity contribution in [1.82, 2.24) is 10.0 Å². The number of benzene rings is 2. The molecule has 4 rings (SSSR count). The van der Waals surface area contributed by atoms with Gasteiger partial charge in [0.1, 0.15) is 12.3 Å². The van der Waals surface area contributed by atoms with Gasteiger partial charge in [0, 0.05) is 20.2 Å². The lowest BCUT2D eigenvalue weighted by Gasteiger charge is -2.30. The zero-order valence-electron chi connectivity index (χ0n) is 18.4. The number of halogens is 4. The number of rotatable bonds is 6. The Hall–Kier alpha value is -1.94. The maximum atomic E-state index is 13.6. The average molecular weight is 647 g/mol. The number of hydrogen-bond acceptors (Lipinski definition) is 5. The highest BCUT2D eigenvalue weighted by Gasteiger charge is 2.54. The summed E-state index contributed by atoms with van der Waals surface area (Å²) in [5.41, 5.74) is 0.314. The quantitative estimate of drug-likeness (QED) is 0.246. The smallest absolute Gasteiger partial charge is 0.274 e. The number of ketones is 1. The fourth-order valence-corrected chi connectivity index (χ4v) is 6.08. The molecule has 0 radical (unpaired) electrons. The van der Waals surface area contributed by atoms with Crippen molar-refractivity contribution >= 4 is 78.6 Å². The van der Waals surface area contributed by atoms with Gasteiger partial charge in [0.05, 0.1) is 29.5 Å². The van der Waals surface area contributed by atoms with Crippen LogP contribution in [0.2, 0.25) is 10.0 Å². The molecule has 1 heterocycles. The molecule has 0 bridgehead atoms. The third-order valence-electron chi connectivity index (χ3n) is 6.23. The number of methoxy groups -OCH3 is 1. The molecule has 0 N–H and O–H groups in total. The van der Waals surface area contributed by atoms with E-state index >= 15 is 0 Å². The zero-order valence-corrected chi connectivity index (χ0v) is 23.1. The van der Waals surface area contributed by atoms with Gasteiger partial charge < -0.3 is 4.74 Å². The van der Waals surface area contributed by atoms with E-state index in [2.05, 4.69) is 31.9 Å². The first-order valence-corrected chi connectivity index (χ1v) is 13.3. The van der Waals surface area contributed by atoms with Gasteiger partial charge in [0.15, 0.2) is 5.78 Å². The Kier molecular flexibility index (Phi) is 7.90. The number of fused-ring (bicyclic) bond motifs is 1. The van der Waals surface area contributed by atoms with Crippen LogP contribution in [0.4, 0.5) is 0 Å². The predicted molar refractivity (Wildman–Crippen MR) is 138 cm³/mol. The van der Waals surface area contributed by atoms with Crippen molar-refractivity contribution in [3.8, 4) is 5.75 Å². The molecular weight excluding hydrogens is 627 g/mol. The van der Waals surface area contributed by atoms with Gasteiger partial charge in [0.2, 0.25) is 0 Å². The van der Waals surface area contributed by atoms with E-state index in [1.165, 1.54) is 25.3 Å². The first-order chi connectivity index (χ1) is 16.6. The zero-order chi connectivity index (χ0) is 25.4. The van der Waals surface area contributed by atoms with Crippen LogP contribution in [0, 0.1) is 11.8 Å². The number of ether oxygens (including phenoxy) is 1. The summed E-state index contributed by atoms with van der Waals surface area (Å²) in [5.74, 6) is -2.85. The second-order valence-electron chi connectivity index (χ2n) is 8.34. The van der Waals surface area contributed by atoms with Crippen LogP contribution in [0.5, 0.6) is 5.75 Å². The van der Waals surface area contributed by atoms with Crippen LogP contribution in [0.1, 0.15) is 33.6 Å². The number of carbonyl (C=O) groups excluding carboxylic acids is 4. The van der Waals surface area contributed by atoms with Gasteiger partial charge in [-0.05, 0) is 55.3 Å². The van der Waals surface area contributed by atoms with E-state index in [1.54, 1.807) is 24.3 Å². The van der Waals surface area contributed by atoms with Gasteiger partial charge in [-0.1, -0.05) is 55.1 Å². The number of alkyl halides is 2. The van der Waals surface area contributed by atoms with Crippen LogP contribution < -0.4 is 4.74 Å². The normalized spacial score (nSPS) is 23.7. The fraction of sp³-hybridized carbons (Fsp3) is 0.333. The molecule has 1 saturated heterocycles. The summed E-state index contributed by atoms with van der Waals surface area (Å²) in [6.07, 6.45) is 0.857. The van der Waals surface area contributed by atoms with Crippen LogP contribution in [0.3, 0.4) is 0 Å². The van der Waals surface area contributed by atoms with Gasteiger partial charge >= 0.3 is 0 Å². The first kappa shape index (κ1) is 26.1. The number of hydrazine groups is 1. The predicted octanol–water partition coefficient (Wildman–Crippen LogP) is 5.16. The van der Waals surface area contributed by atoms with Crippen molar-refractivity contribution in [3.63, 3.8) is 0 Å². The van der Waals surface area contributed by atoms with Crippen molar-refractivity contribution < 1.29 is 23.9 Å². The molecule has 3 amide bonds. The van der Waals surface area contributed by atoms with E-state index in [9.17, 15) is 19.2 Å².